The number of aromatic nitrogens is 1. The van der Waals surface area contributed by atoms with Crippen LogP contribution >= 0.6 is 0 Å². The van der Waals surface area contributed by atoms with E-state index in [2.05, 4.69) is 10.3 Å². The van der Waals surface area contributed by atoms with E-state index in [1.165, 1.54) is 6.08 Å². The number of anilines is 1. The van der Waals surface area contributed by atoms with Gasteiger partial charge in [-0.3, -0.25) is 14.6 Å². The first-order chi connectivity index (χ1) is 13.6. The number of nitrogens with zero attached hydrogens (tertiary/aromatic N) is 1. The molecule has 1 N–H and O–H groups in total. The molecule has 0 aliphatic carbocycles. The third-order valence-electron chi connectivity index (χ3n) is 4.04. The molecule has 0 bridgehead atoms. The molecule has 0 spiro atoms. The highest BCUT2D eigenvalue weighted by atomic mass is 16.5. The SMILES string of the molecule is Cc1ccccc1NC(=O)COc1ccc(C(=O)C=Cc2cccnc2)cc1. The van der Waals surface area contributed by atoms with E-state index >= 15 is 0 Å². The van der Waals surface area contributed by atoms with Crippen molar-refractivity contribution in [1.82, 2.24) is 4.98 Å². The fourth-order valence-electron chi connectivity index (χ4n) is 2.51. The molecule has 0 unspecified atom stereocenters. The highest BCUT2D eigenvalue weighted by molar-refractivity contribution is 6.06. The number of ketones is 1. The van der Waals surface area contributed by atoms with Crippen molar-refractivity contribution in [1.29, 1.82) is 0 Å². The fourth-order valence-corrected chi connectivity index (χ4v) is 2.51. The number of nitrogens with one attached hydrogen (secondary N) is 1. The lowest BCUT2D eigenvalue weighted by molar-refractivity contribution is -0.118. The van der Waals surface area contributed by atoms with Crippen LogP contribution in [-0.2, 0) is 4.79 Å². The minimum atomic E-state index is -0.242. The molecule has 0 saturated carbocycles. The largest absolute Gasteiger partial charge is 0.484 e. The summed E-state index contributed by atoms with van der Waals surface area (Å²) in [6.07, 6.45) is 6.58. The van der Waals surface area contributed by atoms with Crippen molar-refractivity contribution in [3.8, 4) is 5.75 Å². The van der Waals surface area contributed by atoms with Gasteiger partial charge in [0.05, 0.1) is 0 Å². The predicted molar refractivity (Wildman–Crippen MR) is 109 cm³/mol. The molecule has 1 amide bonds. The zero-order valence-corrected chi connectivity index (χ0v) is 15.5. The van der Waals surface area contributed by atoms with Gasteiger partial charge in [-0.25, -0.2) is 0 Å². The van der Waals surface area contributed by atoms with Crippen molar-refractivity contribution in [2.24, 2.45) is 0 Å². The zero-order chi connectivity index (χ0) is 19.8. The van der Waals surface area contributed by atoms with E-state index in [4.69, 9.17) is 4.74 Å². The molecule has 1 heterocycles. The van der Waals surface area contributed by atoms with Crippen molar-refractivity contribution >= 4 is 23.5 Å². The number of benzene rings is 2. The number of rotatable bonds is 7. The van der Waals surface area contributed by atoms with Gasteiger partial charge in [0, 0.05) is 23.6 Å². The molecule has 3 aromatic rings. The average Bonchev–Trinajstić information content (AvgIpc) is 2.73. The van der Waals surface area contributed by atoms with Crippen LogP contribution in [0.3, 0.4) is 0 Å². The van der Waals surface area contributed by atoms with Crippen LogP contribution in [0.25, 0.3) is 6.08 Å². The Labute approximate surface area is 163 Å². The second kappa shape index (κ2) is 9.28. The van der Waals surface area contributed by atoms with E-state index in [1.807, 2.05) is 43.3 Å². The van der Waals surface area contributed by atoms with Crippen LogP contribution in [0.15, 0.2) is 79.1 Å². The predicted octanol–water partition coefficient (Wildman–Crippen LogP) is 4.30. The number of carbonyl (C=O) groups is 2. The second-order valence-corrected chi connectivity index (χ2v) is 6.16. The topological polar surface area (TPSA) is 68.3 Å². The van der Waals surface area contributed by atoms with Crippen molar-refractivity contribution in [2.45, 2.75) is 6.92 Å². The minimum absolute atomic E-state index is 0.109. The number of carbonyl (C=O) groups excluding carboxylic acids is 2. The molecule has 1 aromatic heterocycles. The summed E-state index contributed by atoms with van der Waals surface area (Å²) in [5.41, 5.74) is 3.14. The molecule has 0 aliphatic rings. The maximum atomic E-state index is 12.2. The number of hydrogen-bond donors (Lipinski definition) is 1. The molecule has 3 rings (SSSR count). The lowest BCUT2D eigenvalue weighted by atomic mass is 10.1. The Morgan fingerprint density at radius 2 is 1.82 bits per heavy atom. The second-order valence-electron chi connectivity index (χ2n) is 6.16. The van der Waals surface area contributed by atoms with Crippen molar-refractivity contribution in [3.05, 3.63) is 95.8 Å². The van der Waals surface area contributed by atoms with E-state index in [-0.39, 0.29) is 18.3 Å². The first-order valence-electron chi connectivity index (χ1n) is 8.82. The first kappa shape index (κ1) is 19.0. The molecule has 2 aromatic carbocycles. The van der Waals surface area contributed by atoms with Gasteiger partial charge in [0.15, 0.2) is 12.4 Å². The summed E-state index contributed by atoms with van der Waals surface area (Å²) in [5, 5.41) is 2.81. The third-order valence-corrected chi connectivity index (χ3v) is 4.04. The lowest BCUT2D eigenvalue weighted by Gasteiger charge is -2.09. The van der Waals surface area contributed by atoms with Gasteiger partial charge in [-0.2, -0.15) is 0 Å². The molecule has 0 atom stereocenters. The quantitative estimate of drug-likeness (QED) is 0.496. The van der Waals surface area contributed by atoms with Gasteiger partial charge in [-0.1, -0.05) is 24.3 Å². The summed E-state index contributed by atoms with van der Waals surface area (Å²) in [6.45, 7) is 1.82. The summed E-state index contributed by atoms with van der Waals surface area (Å²) in [7, 11) is 0. The monoisotopic (exact) mass is 372 g/mol. The molecule has 5 nitrogen and oxygen atoms in total. The van der Waals surface area contributed by atoms with Crippen LogP contribution in [0.4, 0.5) is 5.69 Å². The summed E-state index contributed by atoms with van der Waals surface area (Å²) in [4.78, 5) is 28.2. The van der Waals surface area contributed by atoms with Crippen LogP contribution in [-0.4, -0.2) is 23.3 Å². The number of pyridine rings is 1. The molecule has 0 fully saturated rings. The molecule has 0 saturated heterocycles. The lowest BCUT2D eigenvalue weighted by Crippen LogP contribution is -2.20. The van der Waals surface area contributed by atoms with E-state index in [0.29, 0.717) is 11.3 Å². The highest BCUT2D eigenvalue weighted by Gasteiger charge is 2.07. The molecule has 140 valence electrons. The number of para-hydroxylation sites is 1. The summed E-state index contributed by atoms with van der Waals surface area (Å²) < 4.78 is 5.49. The Morgan fingerprint density at radius 1 is 1.04 bits per heavy atom. The Balaban J connectivity index is 1.53. The van der Waals surface area contributed by atoms with Gasteiger partial charge in [-0.05, 0) is 66.6 Å². The Hall–Kier alpha value is -3.73. The Morgan fingerprint density at radius 3 is 2.54 bits per heavy atom. The molecule has 28 heavy (non-hydrogen) atoms. The molecular formula is C23H20N2O3. The highest BCUT2D eigenvalue weighted by Crippen LogP contribution is 2.15. The summed E-state index contributed by atoms with van der Waals surface area (Å²) >= 11 is 0. The summed E-state index contributed by atoms with van der Waals surface area (Å²) in [5.74, 6) is 0.161. The van der Waals surface area contributed by atoms with Crippen LogP contribution in [0, 0.1) is 6.92 Å². The number of aryl methyl sites for hydroxylation is 1. The Kier molecular flexibility index (Phi) is 6.31. The number of hydrogen-bond acceptors (Lipinski definition) is 4. The van der Waals surface area contributed by atoms with Gasteiger partial charge in [0.1, 0.15) is 5.75 Å². The smallest absolute Gasteiger partial charge is 0.262 e. The van der Waals surface area contributed by atoms with E-state index < -0.39 is 0 Å². The van der Waals surface area contributed by atoms with Crippen molar-refractivity contribution in [2.75, 3.05) is 11.9 Å². The number of ether oxygens (including phenoxy) is 1. The van der Waals surface area contributed by atoms with Crippen molar-refractivity contribution in [3.63, 3.8) is 0 Å². The Bertz CT molecular complexity index is 980. The van der Waals surface area contributed by atoms with Crippen LogP contribution in [0.5, 0.6) is 5.75 Å². The van der Waals surface area contributed by atoms with E-state index in [0.717, 1.165) is 16.8 Å². The normalized spacial score (nSPS) is 10.6. The molecule has 0 radical (unpaired) electrons. The third kappa shape index (κ3) is 5.38. The number of amides is 1. The maximum Gasteiger partial charge on any atom is 0.262 e. The first-order valence-corrected chi connectivity index (χ1v) is 8.82. The van der Waals surface area contributed by atoms with Crippen LogP contribution in [0.1, 0.15) is 21.5 Å². The standard InChI is InChI=1S/C23H20N2O3/c1-17-5-2-3-7-21(17)25-23(27)16-28-20-11-9-19(10-12-20)22(26)13-8-18-6-4-14-24-15-18/h2-15H,16H2,1H3,(H,25,27). The van der Waals surface area contributed by atoms with Crippen LogP contribution in [0.2, 0.25) is 0 Å². The number of allylic oxidation sites excluding steroid dienone is 1. The maximum absolute atomic E-state index is 12.2. The van der Waals surface area contributed by atoms with Gasteiger partial charge >= 0.3 is 0 Å². The van der Waals surface area contributed by atoms with E-state index in [9.17, 15) is 9.59 Å². The molecular weight excluding hydrogens is 352 g/mol. The minimum Gasteiger partial charge on any atom is -0.484 e. The fraction of sp³-hybridized carbons (Fsp3) is 0.0870. The van der Waals surface area contributed by atoms with Gasteiger partial charge in [0.2, 0.25) is 0 Å². The van der Waals surface area contributed by atoms with Gasteiger partial charge < -0.3 is 10.1 Å². The molecule has 5 heteroatoms. The van der Waals surface area contributed by atoms with Gasteiger partial charge in [-0.15, -0.1) is 0 Å². The van der Waals surface area contributed by atoms with E-state index in [1.54, 1.807) is 42.7 Å². The molecule has 0 aliphatic heterocycles. The zero-order valence-electron chi connectivity index (χ0n) is 15.5. The summed E-state index contributed by atoms with van der Waals surface area (Å²) in [6, 6.07) is 17.9. The average molecular weight is 372 g/mol. The van der Waals surface area contributed by atoms with Gasteiger partial charge in [0.25, 0.3) is 5.91 Å². The van der Waals surface area contributed by atoms with Crippen molar-refractivity contribution < 1.29 is 14.3 Å². The van der Waals surface area contributed by atoms with Crippen LogP contribution < -0.4 is 10.1 Å².